The maximum Gasteiger partial charge on any atom is 0.305 e. The minimum Gasteiger partial charge on any atom is -0.492 e. The highest BCUT2D eigenvalue weighted by Crippen LogP contribution is 2.25. The molecular weight excluding hydrogens is 268 g/mol. The third kappa shape index (κ3) is 5.75. The van der Waals surface area contributed by atoms with Crippen LogP contribution in [0.2, 0.25) is 5.02 Å². The van der Waals surface area contributed by atoms with E-state index in [9.17, 15) is 9.59 Å². The predicted octanol–water partition coefficient (Wildman–Crippen LogP) is 3.26. The van der Waals surface area contributed by atoms with Gasteiger partial charge in [-0.15, -0.1) is 0 Å². The minimum atomic E-state index is -0.191. The summed E-state index contributed by atoms with van der Waals surface area (Å²) >= 11 is 5.94. The molecule has 0 spiro atoms. The lowest BCUT2D eigenvalue weighted by Crippen LogP contribution is -2.05. The molecule has 5 heteroatoms. The van der Waals surface area contributed by atoms with E-state index in [-0.39, 0.29) is 5.97 Å². The van der Waals surface area contributed by atoms with Crippen LogP contribution < -0.4 is 4.74 Å². The highest BCUT2D eigenvalue weighted by Gasteiger charge is 2.04. The van der Waals surface area contributed by atoms with Gasteiger partial charge in [-0.05, 0) is 38.0 Å². The van der Waals surface area contributed by atoms with Crippen molar-refractivity contribution in [2.75, 3.05) is 13.2 Å². The summed E-state index contributed by atoms with van der Waals surface area (Å²) in [6, 6.07) is 4.85. The number of unbranched alkanes of at least 4 members (excludes halogenated alkanes) is 1. The zero-order valence-electron chi connectivity index (χ0n) is 10.9. The van der Waals surface area contributed by atoms with Crippen LogP contribution in [0.5, 0.6) is 5.75 Å². The van der Waals surface area contributed by atoms with Gasteiger partial charge in [0.25, 0.3) is 0 Å². The lowest BCUT2D eigenvalue weighted by Gasteiger charge is -2.08. The van der Waals surface area contributed by atoms with Crippen molar-refractivity contribution in [2.45, 2.75) is 26.2 Å². The number of hydrogen-bond acceptors (Lipinski definition) is 4. The highest BCUT2D eigenvalue weighted by atomic mass is 35.5. The lowest BCUT2D eigenvalue weighted by molar-refractivity contribution is -0.143. The van der Waals surface area contributed by atoms with Crippen LogP contribution >= 0.6 is 11.6 Å². The molecule has 1 aromatic carbocycles. The minimum absolute atomic E-state index is 0.191. The van der Waals surface area contributed by atoms with Gasteiger partial charge in [-0.1, -0.05) is 11.6 Å². The van der Waals surface area contributed by atoms with Gasteiger partial charge in [0.05, 0.1) is 18.2 Å². The first-order valence-corrected chi connectivity index (χ1v) is 6.58. The molecule has 0 amide bonds. The molecule has 19 heavy (non-hydrogen) atoms. The zero-order chi connectivity index (χ0) is 14.1. The molecular formula is C14H17ClO4. The molecule has 104 valence electrons. The fraction of sp³-hybridized carbons (Fsp3) is 0.429. The molecule has 0 fully saturated rings. The fourth-order valence-corrected chi connectivity index (χ4v) is 1.66. The largest absolute Gasteiger partial charge is 0.492 e. The number of hydrogen-bond donors (Lipinski definition) is 0. The van der Waals surface area contributed by atoms with E-state index in [2.05, 4.69) is 0 Å². The van der Waals surface area contributed by atoms with Gasteiger partial charge >= 0.3 is 5.97 Å². The summed E-state index contributed by atoms with van der Waals surface area (Å²) in [7, 11) is 0. The topological polar surface area (TPSA) is 52.6 Å². The third-order valence-corrected chi connectivity index (χ3v) is 2.74. The van der Waals surface area contributed by atoms with Crippen molar-refractivity contribution >= 4 is 23.9 Å². The van der Waals surface area contributed by atoms with Crippen LogP contribution in [-0.2, 0) is 9.53 Å². The normalized spacial score (nSPS) is 10.0. The zero-order valence-corrected chi connectivity index (χ0v) is 11.6. The number of carbonyl (C=O) groups is 2. The molecule has 0 bridgehead atoms. The molecule has 0 radical (unpaired) electrons. The summed E-state index contributed by atoms with van der Waals surface area (Å²) in [5.41, 5.74) is 0.519. The van der Waals surface area contributed by atoms with E-state index in [0.717, 1.165) is 12.7 Å². The van der Waals surface area contributed by atoms with E-state index in [0.29, 0.717) is 42.4 Å². The molecule has 0 aliphatic carbocycles. The van der Waals surface area contributed by atoms with E-state index >= 15 is 0 Å². The van der Waals surface area contributed by atoms with Crippen LogP contribution in [0.25, 0.3) is 0 Å². The summed E-state index contributed by atoms with van der Waals surface area (Å²) in [5.74, 6) is 0.297. The molecule has 0 aliphatic rings. The Labute approximate surface area is 117 Å². The maximum atomic E-state index is 11.1. The molecule has 4 nitrogen and oxygen atoms in total. The molecule has 0 N–H and O–H groups in total. The number of rotatable bonds is 8. The Morgan fingerprint density at radius 2 is 2.16 bits per heavy atom. The number of aldehydes is 1. The van der Waals surface area contributed by atoms with Crippen LogP contribution in [0.15, 0.2) is 18.2 Å². The van der Waals surface area contributed by atoms with Gasteiger partial charge in [-0.2, -0.15) is 0 Å². The van der Waals surface area contributed by atoms with E-state index in [1.54, 1.807) is 25.1 Å². The van der Waals surface area contributed by atoms with Gasteiger partial charge in [-0.3, -0.25) is 9.59 Å². The second-order valence-electron chi connectivity index (χ2n) is 3.92. The van der Waals surface area contributed by atoms with Gasteiger partial charge in [0.1, 0.15) is 12.0 Å². The number of benzene rings is 1. The smallest absolute Gasteiger partial charge is 0.305 e. The second-order valence-corrected chi connectivity index (χ2v) is 4.33. The Balaban J connectivity index is 2.29. The van der Waals surface area contributed by atoms with Crippen molar-refractivity contribution in [1.82, 2.24) is 0 Å². The van der Waals surface area contributed by atoms with Crippen molar-refractivity contribution in [3.05, 3.63) is 28.8 Å². The fourth-order valence-electron chi connectivity index (χ4n) is 1.49. The first kappa shape index (κ1) is 15.5. The average molecular weight is 285 g/mol. The van der Waals surface area contributed by atoms with Crippen LogP contribution in [0.4, 0.5) is 0 Å². The number of ether oxygens (including phenoxy) is 2. The van der Waals surface area contributed by atoms with E-state index in [4.69, 9.17) is 21.1 Å². The average Bonchev–Trinajstić information content (AvgIpc) is 2.40. The van der Waals surface area contributed by atoms with Crippen LogP contribution in [0, 0.1) is 0 Å². The number of carbonyl (C=O) groups excluding carboxylic acids is 2. The monoisotopic (exact) mass is 284 g/mol. The van der Waals surface area contributed by atoms with Gasteiger partial charge in [0, 0.05) is 12.0 Å². The van der Waals surface area contributed by atoms with Crippen molar-refractivity contribution in [3.63, 3.8) is 0 Å². The van der Waals surface area contributed by atoms with Crippen LogP contribution in [-0.4, -0.2) is 25.5 Å². The maximum absolute atomic E-state index is 11.1. The standard InChI is InChI=1S/C14H17ClO4/c1-2-18-14(17)5-3-4-8-19-13-9-11(10-16)6-7-12(13)15/h6-7,9-10H,2-5,8H2,1H3. The molecule has 0 saturated carbocycles. The lowest BCUT2D eigenvalue weighted by atomic mass is 10.2. The van der Waals surface area contributed by atoms with Gasteiger partial charge in [-0.25, -0.2) is 0 Å². The number of halogens is 1. The molecule has 0 heterocycles. The Morgan fingerprint density at radius 3 is 2.84 bits per heavy atom. The van der Waals surface area contributed by atoms with Gasteiger partial charge in [0.2, 0.25) is 0 Å². The van der Waals surface area contributed by atoms with Gasteiger partial charge < -0.3 is 9.47 Å². The Morgan fingerprint density at radius 1 is 1.37 bits per heavy atom. The Kier molecular flexibility index (Phi) is 6.97. The van der Waals surface area contributed by atoms with Crippen LogP contribution in [0.3, 0.4) is 0 Å². The van der Waals surface area contributed by atoms with E-state index < -0.39 is 0 Å². The molecule has 0 saturated heterocycles. The Bertz CT molecular complexity index is 431. The molecule has 1 rings (SSSR count). The van der Waals surface area contributed by atoms with Crippen molar-refractivity contribution < 1.29 is 19.1 Å². The molecule has 1 aromatic rings. The summed E-state index contributed by atoms with van der Waals surface area (Å²) in [6.45, 7) is 2.63. The SMILES string of the molecule is CCOC(=O)CCCCOc1cc(C=O)ccc1Cl. The first-order valence-electron chi connectivity index (χ1n) is 6.20. The summed E-state index contributed by atoms with van der Waals surface area (Å²) in [4.78, 5) is 21.7. The number of esters is 1. The summed E-state index contributed by atoms with van der Waals surface area (Å²) in [5, 5.41) is 0.469. The van der Waals surface area contributed by atoms with Crippen molar-refractivity contribution in [2.24, 2.45) is 0 Å². The first-order chi connectivity index (χ1) is 9.17. The summed E-state index contributed by atoms with van der Waals surface area (Å²) < 4.78 is 10.3. The van der Waals surface area contributed by atoms with Crippen molar-refractivity contribution in [1.29, 1.82) is 0 Å². The molecule has 0 aliphatic heterocycles. The van der Waals surface area contributed by atoms with E-state index in [1.165, 1.54) is 0 Å². The quantitative estimate of drug-likeness (QED) is 0.418. The predicted molar refractivity (Wildman–Crippen MR) is 72.8 cm³/mol. The third-order valence-electron chi connectivity index (χ3n) is 2.43. The Hall–Kier alpha value is -1.55. The molecule has 0 atom stereocenters. The van der Waals surface area contributed by atoms with Gasteiger partial charge in [0.15, 0.2) is 0 Å². The van der Waals surface area contributed by atoms with E-state index in [1.807, 2.05) is 0 Å². The highest BCUT2D eigenvalue weighted by molar-refractivity contribution is 6.32. The van der Waals surface area contributed by atoms with Crippen LogP contribution in [0.1, 0.15) is 36.5 Å². The molecule has 0 unspecified atom stereocenters. The summed E-state index contributed by atoms with van der Waals surface area (Å²) in [6.07, 6.45) is 2.55. The van der Waals surface area contributed by atoms with Crippen molar-refractivity contribution in [3.8, 4) is 5.75 Å². The molecule has 0 aromatic heterocycles. The second kappa shape index (κ2) is 8.53.